The molecule has 2 aliphatic carbocycles. The molecule has 2 fully saturated rings. The molecule has 3 atom stereocenters. The van der Waals surface area contributed by atoms with Crippen molar-refractivity contribution in [1.82, 2.24) is 5.43 Å². The zero-order chi connectivity index (χ0) is 19.9. The Morgan fingerprint density at radius 2 is 2.21 bits per heavy atom. The van der Waals surface area contributed by atoms with Crippen molar-refractivity contribution in [3.05, 3.63) is 50.7 Å². The van der Waals surface area contributed by atoms with Crippen LogP contribution in [0, 0.1) is 27.4 Å². The van der Waals surface area contributed by atoms with Crippen molar-refractivity contribution in [2.75, 3.05) is 0 Å². The molecule has 1 N–H and O–H groups in total. The van der Waals surface area contributed by atoms with Crippen LogP contribution in [0.5, 0.6) is 0 Å². The monoisotopic (exact) mass is 445 g/mol. The van der Waals surface area contributed by atoms with Crippen LogP contribution < -0.4 is 5.43 Å². The van der Waals surface area contributed by atoms with Crippen LogP contribution in [-0.2, 0) is 4.79 Å². The summed E-state index contributed by atoms with van der Waals surface area (Å²) in [5.74, 6) is 1.26. The fourth-order valence-corrected chi connectivity index (χ4v) is 4.86. The minimum absolute atomic E-state index is 0.0408. The topological polar surface area (TPSA) is 97.7 Å². The highest BCUT2D eigenvalue weighted by molar-refractivity contribution is 9.10. The summed E-state index contributed by atoms with van der Waals surface area (Å²) in [5, 5.41) is 15.3. The van der Waals surface area contributed by atoms with Crippen molar-refractivity contribution in [3.8, 4) is 11.3 Å². The molecule has 1 amide bonds. The number of carbonyl (C=O) groups is 1. The average molecular weight is 446 g/mol. The summed E-state index contributed by atoms with van der Waals surface area (Å²) in [7, 11) is 0. The van der Waals surface area contributed by atoms with E-state index >= 15 is 0 Å². The van der Waals surface area contributed by atoms with E-state index in [2.05, 4.69) is 33.4 Å². The van der Waals surface area contributed by atoms with Gasteiger partial charge in [-0.25, -0.2) is 5.43 Å². The standard InChI is InChI=1S/C20H20BrN3O4/c1-20-9-3-2-4-15(20)18(20)19(25)23-22-11-13-6-8-17(28-13)14-7-5-12(21)10-16(14)24(26)27/h5-8,10-11,15,18H,2-4,9H2,1H3,(H,23,25)/b22-11-/t15-,18-,20+/m1/s1. The average Bonchev–Trinajstić information content (AvgIpc) is 3.02. The van der Waals surface area contributed by atoms with Gasteiger partial charge in [-0.15, -0.1) is 0 Å². The molecule has 1 heterocycles. The van der Waals surface area contributed by atoms with E-state index in [1.54, 1.807) is 24.3 Å². The van der Waals surface area contributed by atoms with Gasteiger partial charge in [0.05, 0.1) is 16.7 Å². The Hall–Kier alpha value is -2.48. The number of hydrogen-bond acceptors (Lipinski definition) is 5. The molecule has 0 aliphatic heterocycles. The predicted octanol–water partition coefficient (Wildman–Crippen LogP) is 4.89. The van der Waals surface area contributed by atoms with E-state index in [9.17, 15) is 14.9 Å². The van der Waals surface area contributed by atoms with Crippen molar-refractivity contribution in [2.45, 2.75) is 32.6 Å². The minimum atomic E-state index is -0.452. The first-order chi connectivity index (χ1) is 13.4. The fourth-order valence-electron chi connectivity index (χ4n) is 4.51. The number of hydrogen-bond donors (Lipinski definition) is 1. The number of benzene rings is 1. The Balaban J connectivity index is 1.43. The van der Waals surface area contributed by atoms with E-state index in [1.807, 2.05) is 0 Å². The summed E-state index contributed by atoms with van der Waals surface area (Å²) < 4.78 is 6.27. The van der Waals surface area contributed by atoms with Crippen molar-refractivity contribution in [1.29, 1.82) is 0 Å². The van der Waals surface area contributed by atoms with E-state index in [1.165, 1.54) is 25.1 Å². The largest absolute Gasteiger partial charge is 0.455 e. The number of nitro benzene ring substituents is 1. The summed E-state index contributed by atoms with van der Waals surface area (Å²) in [4.78, 5) is 23.2. The minimum Gasteiger partial charge on any atom is -0.455 e. The lowest BCUT2D eigenvalue weighted by Gasteiger charge is -2.15. The first-order valence-electron chi connectivity index (χ1n) is 9.27. The maximum absolute atomic E-state index is 12.4. The zero-order valence-corrected chi connectivity index (χ0v) is 16.9. The van der Waals surface area contributed by atoms with Crippen LogP contribution in [0.1, 0.15) is 38.4 Å². The second kappa shape index (κ2) is 7.16. The fraction of sp³-hybridized carbons (Fsp3) is 0.400. The van der Waals surface area contributed by atoms with E-state index in [-0.39, 0.29) is 22.9 Å². The van der Waals surface area contributed by atoms with Crippen LogP contribution in [0.4, 0.5) is 5.69 Å². The summed E-state index contributed by atoms with van der Waals surface area (Å²) in [6, 6.07) is 8.08. The SMILES string of the molecule is C[C@]12CCCC[C@@H]1[C@@H]2C(=O)N/N=C\c1ccc(-c2ccc(Br)cc2[N+](=O)[O-])o1. The molecule has 0 bridgehead atoms. The van der Waals surface area contributed by atoms with Gasteiger partial charge in [-0.2, -0.15) is 5.10 Å². The summed E-state index contributed by atoms with van der Waals surface area (Å²) in [6.07, 6.45) is 6.03. The lowest BCUT2D eigenvalue weighted by atomic mass is 9.90. The highest BCUT2D eigenvalue weighted by atomic mass is 79.9. The Morgan fingerprint density at radius 3 is 2.93 bits per heavy atom. The van der Waals surface area contributed by atoms with E-state index in [0.29, 0.717) is 27.5 Å². The third-order valence-electron chi connectivity index (χ3n) is 6.03. The number of fused-ring (bicyclic) bond motifs is 1. The molecule has 7 nitrogen and oxygen atoms in total. The lowest BCUT2D eigenvalue weighted by molar-refractivity contribution is -0.384. The number of halogens is 1. The molecule has 4 rings (SSSR count). The first kappa shape index (κ1) is 18.9. The highest BCUT2D eigenvalue weighted by Crippen LogP contribution is 2.66. The number of carbonyl (C=O) groups excluding carboxylic acids is 1. The third-order valence-corrected chi connectivity index (χ3v) is 6.52. The molecule has 2 aromatic rings. The van der Waals surface area contributed by atoms with E-state index in [4.69, 9.17) is 4.42 Å². The molecule has 1 aromatic heterocycles. The lowest BCUT2D eigenvalue weighted by Crippen LogP contribution is -2.22. The molecule has 2 aliphatic rings. The van der Waals surface area contributed by atoms with Crippen molar-refractivity contribution >= 4 is 33.7 Å². The van der Waals surface area contributed by atoms with Crippen LogP contribution >= 0.6 is 15.9 Å². The second-order valence-electron chi connectivity index (χ2n) is 7.69. The van der Waals surface area contributed by atoms with Crippen LogP contribution in [0.25, 0.3) is 11.3 Å². The molecule has 146 valence electrons. The van der Waals surface area contributed by atoms with Gasteiger partial charge in [-0.1, -0.05) is 35.7 Å². The molecular weight excluding hydrogens is 426 g/mol. The predicted molar refractivity (Wildman–Crippen MR) is 108 cm³/mol. The number of rotatable bonds is 5. The van der Waals surface area contributed by atoms with Gasteiger partial charge in [0.2, 0.25) is 5.91 Å². The number of nitrogens with zero attached hydrogens (tertiary/aromatic N) is 2. The van der Waals surface area contributed by atoms with Crippen molar-refractivity contribution in [2.24, 2.45) is 22.4 Å². The molecule has 0 saturated heterocycles. The first-order valence-corrected chi connectivity index (χ1v) is 10.1. The van der Waals surface area contributed by atoms with E-state index in [0.717, 1.165) is 12.8 Å². The zero-order valence-electron chi connectivity index (χ0n) is 15.4. The van der Waals surface area contributed by atoms with Gasteiger partial charge in [0, 0.05) is 16.5 Å². The van der Waals surface area contributed by atoms with Gasteiger partial charge in [0.15, 0.2) is 0 Å². The number of amides is 1. The second-order valence-corrected chi connectivity index (χ2v) is 8.61. The smallest absolute Gasteiger partial charge is 0.281 e. The van der Waals surface area contributed by atoms with Gasteiger partial charge in [0.1, 0.15) is 11.5 Å². The quantitative estimate of drug-likeness (QED) is 0.402. The summed E-state index contributed by atoms with van der Waals surface area (Å²) in [5.41, 5.74) is 3.08. The Morgan fingerprint density at radius 1 is 1.39 bits per heavy atom. The number of hydrazone groups is 1. The van der Waals surface area contributed by atoms with Crippen molar-refractivity contribution < 1.29 is 14.1 Å². The molecule has 0 spiro atoms. The summed E-state index contributed by atoms with van der Waals surface area (Å²) in [6.45, 7) is 2.19. The number of furan rings is 1. The Labute approximate surface area is 170 Å². The van der Waals surface area contributed by atoms with Crippen molar-refractivity contribution in [3.63, 3.8) is 0 Å². The number of nitrogens with one attached hydrogen (secondary N) is 1. The van der Waals surface area contributed by atoms with Gasteiger partial charge in [-0.05, 0) is 48.4 Å². The van der Waals surface area contributed by atoms with E-state index < -0.39 is 4.92 Å². The Bertz CT molecular complexity index is 970. The molecule has 2 saturated carbocycles. The molecule has 0 unspecified atom stereocenters. The van der Waals surface area contributed by atoms with Crippen LogP contribution in [-0.4, -0.2) is 17.0 Å². The third kappa shape index (κ3) is 3.37. The van der Waals surface area contributed by atoms with Crippen LogP contribution in [0.15, 0.2) is 44.3 Å². The Kier molecular flexibility index (Phi) is 4.82. The van der Waals surface area contributed by atoms with Gasteiger partial charge < -0.3 is 4.42 Å². The summed E-state index contributed by atoms with van der Waals surface area (Å²) >= 11 is 3.24. The van der Waals surface area contributed by atoms with Crippen LogP contribution in [0.2, 0.25) is 0 Å². The maximum Gasteiger partial charge on any atom is 0.281 e. The van der Waals surface area contributed by atoms with Gasteiger partial charge >= 0.3 is 0 Å². The van der Waals surface area contributed by atoms with Gasteiger partial charge in [-0.3, -0.25) is 14.9 Å². The van der Waals surface area contributed by atoms with Gasteiger partial charge in [0.25, 0.3) is 5.69 Å². The van der Waals surface area contributed by atoms with Crippen LogP contribution in [0.3, 0.4) is 0 Å². The normalized spacial score (nSPS) is 26.1. The highest BCUT2D eigenvalue weighted by Gasteiger charge is 2.64. The molecular formula is C20H20BrN3O4. The number of nitro groups is 1. The molecule has 1 aromatic carbocycles. The molecule has 28 heavy (non-hydrogen) atoms. The maximum atomic E-state index is 12.4. The molecule has 8 heteroatoms. The molecule has 0 radical (unpaired) electrons.